The molecule has 9 heteroatoms. The molecule has 0 spiro atoms. The van der Waals surface area contributed by atoms with Crippen molar-refractivity contribution in [3.63, 3.8) is 0 Å². The van der Waals surface area contributed by atoms with Crippen LogP contribution >= 0.6 is 0 Å². The van der Waals surface area contributed by atoms with E-state index in [1.807, 2.05) is 37.2 Å². The molecule has 160 valence electrons. The normalized spacial score (nSPS) is 16.1. The standard InChI is InChI=1S/C21H25N3O5S/c1-14(25)24-9-8-16-10-17(5-6-18(16)24)30(26,27)22-12-19(23(2)3)15-4-7-20-21(11-15)29-13-28-20/h4-7,10-11,19,22H,8-9,12-13H2,1-3H3/t19-/m1/s1. The quantitative estimate of drug-likeness (QED) is 0.752. The first kappa shape index (κ1) is 20.6. The Morgan fingerprint density at radius 2 is 1.93 bits per heavy atom. The number of carbonyl (C=O) groups excluding carboxylic acids is 1. The van der Waals surface area contributed by atoms with Gasteiger partial charge in [0.05, 0.1) is 4.90 Å². The summed E-state index contributed by atoms with van der Waals surface area (Å²) in [6.45, 7) is 2.48. The van der Waals surface area contributed by atoms with Gasteiger partial charge in [-0.15, -0.1) is 0 Å². The fraction of sp³-hybridized carbons (Fsp3) is 0.381. The summed E-state index contributed by atoms with van der Waals surface area (Å²) in [5.74, 6) is 1.31. The smallest absolute Gasteiger partial charge is 0.240 e. The molecule has 0 unspecified atom stereocenters. The molecule has 2 heterocycles. The molecule has 0 saturated carbocycles. The monoisotopic (exact) mass is 431 g/mol. The predicted octanol–water partition coefficient (Wildman–Crippen LogP) is 1.91. The summed E-state index contributed by atoms with van der Waals surface area (Å²) in [4.78, 5) is 15.5. The number of rotatable bonds is 6. The molecule has 0 radical (unpaired) electrons. The first-order chi connectivity index (χ1) is 14.3. The maximum absolute atomic E-state index is 12.9. The van der Waals surface area contributed by atoms with E-state index in [1.54, 1.807) is 23.1 Å². The lowest BCUT2D eigenvalue weighted by Crippen LogP contribution is -2.34. The van der Waals surface area contributed by atoms with Crippen LogP contribution in [0.1, 0.15) is 24.1 Å². The third kappa shape index (κ3) is 3.88. The van der Waals surface area contributed by atoms with E-state index in [1.165, 1.54) is 6.92 Å². The number of hydrogen-bond donors (Lipinski definition) is 1. The molecule has 0 saturated heterocycles. The van der Waals surface area contributed by atoms with Crippen molar-refractivity contribution in [2.75, 3.05) is 38.9 Å². The van der Waals surface area contributed by atoms with E-state index in [0.29, 0.717) is 24.5 Å². The minimum Gasteiger partial charge on any atom is -0.454 e. The fourth-order valence-corrected chi connectivity index (χ4v) is 4.95. The Labute approximate surface area is 176 Å². The number of nitrogens with one attached hydrogen (secondary N) is 1. The number of nitrogens with zero attached hydrogens (tertiary/aromatic N) is 2. The van der Waals surface area contributed by atoms with Crippen molar-refractivity contribution >= 4 is 21.6 Å². The zero-order valence-electron chi connectivity index (χ0n) is 17.2. The molecule has 30 heavy (non-hydrogen) atoms. The van der Waals surface area contributed by atoms with Gasteiger partial charge in [-0.1, -0.05) is 6.07 Å². The second kappa shape index (κ2) is 7.90. The summed E-state index contributed by atoms with van der Waals surface area (Å²) in [6.07, 6.45) is 0.649. The Balaban J connectivity index is 1.52. The third-order valence-corrected chi connectivity index (χ3v) is 6.93. The van der Waals surface area contributed by atoms with Gasteiger partial charge in [-0.2, -0.15) is 0 Å². The van der Waals surface area contributed by atoms with E-state index in [2.05, 4.69) is 4.72 Å². The van der Waals surface area contributed by atoms with Crippen LogP contribution in [0, 0.1) is 0 Å². The van der Waals surface area contributed by atoms with Crippen molar-refractivity contribution in [3.8, 4) is 11.5 Å². The van der Waals surface area contributed by atoms with Gasteiger partial charge in [-0.05, 0) is 62.0 Å². The Bertz CT molecular complexity index is 1080. The summed E-state index contributed by atoms with van der Waals surface area (Å²) in [5, 5.41) is 0. The van der Waals surface area contributed by atoms with Crippen molar-refractivity contribution in [1.82, 2.24) is 9.62 Å². The summed E-state index contributed by atoms with van der Waals surface area (Å²) in [7, 11) is 0.0925. The minimum absolute atomic E-state index is 0.0416. The molecule has 0 aromatic heterocycles. The van der Waals surface area contributed by atoms with Crippen LogP contribution in [-0.2, 0) is 21.2 Å². The van der Waals surface area contributed by atoms with E-state index in [-0.39, 0.29) is 30.2 Å². The highest BCUT2D eigenvalue weighted by Crippen LogP contribution is 2.35. The first-order valence-electron chi connectivity index (χ1n) is 9.73. The van der Waals surface area contributed by atoms with Gasteiger partial charge < -0.3 is 19.3 Å². The van der Waals surface area contributed by atoms with Gasteiger partial charge in [-0.3, -0.25) is 4.79 Å². The average molecular weight is 432 g/mol. The number of carbonyl (C=O) groups is 1. The molecule has 2 aromatic carbocycles. The lowest BCUT2D eigenvalue weighted by atomic mass is 10.1. The van der Waals surface area contributed by atoms with E-state index < -0.39 is 10.0 Å². The lowest BCUT2D eigenvalue weighted by molar-refractivity contribution is -0.116. The van der Waals surface area contributed by atoms with Crippen LogP contribution in [0.5, 0.6) is 11.5 Å². The molecule has 0 aliphatic carbocycles. The molecule has 4 rings (SSSR count). The van der Waals surface area contributed by atoms with E-state index in [9.17, 15) is 13.2 Å². The Morgan fingerprint density at radius 3 is 2.67 bits per heavy atom. The first-order valence-corrected chi connectivity index (χ1v) is 11.2. The second-order valence-corrected chi connectivity index (χ2v) is 9.42. The van der Waals surface area contributed by atoms with E-state index >= 15 is 0 Å². The maximum atomic E-state index is 12.9. The van der Waals surface area contributed by atoms with Crippen LogP contribution in [0.2, 0.25) is 0 Å². The van der Waals surface area contributed by atoms with Crippen LogP contribution in [0.25, 0.3) is 0 Å². The van der Waals surface area contributed by atoms with Gasteiger partial charge in [0, 0.05) is 31.7 Å². The van der Waals surface area contributed by atoms with Crippen molar-refractivity contribution in [1.29, 1.82) is 0 Å². The zero-order chi connectivity index (χ0) is 21.5. The zero-order valence-corrected chi connectivity index (χ0v) is 18.0. The van der Waals surface area contributed by atoms with Crippen LogP contribution in [-0.4, -0.2) is 53.2 Å². The van der Waals surface area contributed by atoms with Gasteiger partial charge in [-0.25, -0.2) is 13.1 Å². The second-order valence-electron chi connectivity index (χ2n) is 7.66. The molecule has 2 aliphatic heterocycles. The summed E-state index contributed by atoms with van der Waals surface area (Å²) < 4.78 is 39.4. The van der Waals surface area contributed by atoms with E-state index in [4.69, 9.17) is 9.47 Å². The number of hydrogen-bond acceptors (Lipinski definition) is 6. The highest BCUT2D eigenvalue weighted by molar-refractivity contribution is 7.89. The highest BCUT2D eigenvalue weighted by atomic mass is 32.2. The molecule has 1 amide bonds. The molecule has 1 N–H and O–H groups in total. The van der Waals surface area contributed by atoms with Crippen LogP contribution < -0.4 is 19.1 Å². The molecule has 1 atom stereocenters. The average Bonchev–Trinajstić information content (AvgIpc) is 3.33. The van der Waals surface area contributed by atoms with Crippen molar-refractivity contribution < 1.29 is 22.7 Å². The molecule has 0 bridgehead atoms. The Kier molecular flexibility index (Phi) is 5.44. The van der Waals surface area contributed by atoms with Crippen molar-refractivity contribution in [2.24, 2.45) is 0 Å². The topological polar surface area (TPSA) is 88.2 Å². The number of fused-ring (bicyclic) bond motifs is 2. The number of benzene rings is 2. The lowest BCUT2D eigenvalue weighted by Gasteiger charge is -2.25. The number of sulfonamides is 1. The van der Waals surface area contributed by atoms with Gasteiger partial charge in [0.25, 0.3) is 0 Å². The van der Waals surface area contributed by atoms with Gasteiger partial charge in [0.1, 0.15) is 0 Å². The Morgan fingerprint density at radius 1 is 1.17 bits per heavy atom. The summed E-state index contributed by atoms with van der Waals surface area (Å²) in [5.41, 5.74) is 2.58. The van der Waals surface area contributed by atoms with Crippen molar-refractivity contribution in [3.05, 3.63) is 47.5 Å². The summed E-state index contributed by atoms with van der Waals surface area (Å²) in [6, 6.07) is 10.4. The number of ether oxygens (including phenoxy) is 2. The number of anilines is 1. The molecular weight excluding hydrogens is 406 g/mol. The predicted molar refractivity (Wildman–Crippen MR) is 112 cm³/mol. The van der Waals surface area contributed by atoms with Gasteiger partial charge >= 0.3 is 0 Å². The SMILES string of the molecule is CC(=O)N1CCc2cc(S(=O)(=O)NC[C@H](c3ccc4c(c3)OCO4)N(C)C)ccc21. The van der Waals surface area contributed by atoms with Crippen LogP contribution in [0.4, 0.5) is 5.69 Å². The maximum Gasteiger partial charge on any atom is 0.240 e. The highest BCUT2D eigenvalue weighted by Gasteiger charge is 2.26. The third-order valence-electron chi connectivity index (χ3n) is 5.51. The number of likely N-dealkylation sites (N-methyl/N-ethyl adjacent to an activating group) is 1. The molecule has 2 aliphatic rings. The molecular formula is C21H25N3O5S. The van der Waals surface area contributed by atoms with Crippen molar-refractivity contribution in [2.45, 2.75) is 24.3 Å². The molecule has 0 fully saturated rings. The fourth-order valence-electron chi connectivity index (χ4n) is 3.86. The van der Waals surface area contributed by atoms with Crippen LogP contribution in [0.3, 0.4) is 0 Å². The minimum atomic E-state index is -3.70. The summed E-state index contributed by atoms with van der Waals surface area (Å²) >= 11 is 0. The largest absolute Gasteiger partial charge is 0.454 e. The van der Waals surface area contributed by atoms with Crippen LogP contribution in [0.15, 0.2) is 41.3 Å². The Hall–Kier alpha value is -2.62. The molecule has 8 nitrogen and oxygen atoms in total. The van der Waals surface area contributed by atoms with Gasteiger partial charge in [0.2, 0.25) is 22.7 Å². The number of amides is 1. The molecule has 2 aromatic rings. The van der Waals surface area contributed by atoms with Gasteiger partial charge in [0.15, 0.2) is 11.5 Å². The van der Waals surface area contributed by atoms with E-state index in [0.717, 1.165) is 16.8 Å².